The molecule has 3 aromatic rings. The number of hydrogen-bond acceptors (Lipinski definition) is 19. The van der Waals surface area contributed by atoms with E-state index in [-0.39, 0.29) is 5.75 Å². The third-order valence-corrected chi connectivity index (χ3v) is 19.9. The number of aromatic hydroxyl groups is 1. The van der Waals surface area contributed by atoms with Crippen molar-refractivity contribution in [1.82, 2.24) is 23.9 Å². The fraction of sp³-hybridized carbons (Fsp3) is 0.518. The first-order chi connectivity index (χ1) is 39.5. The van der Waals surface area contributed by atoms with Gasteiger partial charge in [0.25, 0.3) is 45.6 Å². The molecule has 83 heavy (non-hydrogen) atoms. The van der Waals surface area contributed by atoms with Crippen LogP contribution in [0.15, 0.2) is 72.8 Å². The Kier molecular flexibility index (Phi) is 29.9. The minimum Gasteiger partial charge on any atom is -0.508 e. The van der Waals surface area contributed by atoms with Crippen LogP contribution in [0, 0.1) is 36.0 Å². The molecule has 4 heterocycles. The van der Waals surface area contributed by atoms with Crippen LogP contribution in [0.5, 0.6) is 34.5 Å². The number of carbonyl (C=O) groups excluding carboxylic acids is 3. The van der Waals surface area contributed by atoms with Gasteiger partial charge >= 0.3 is 5.97 Å². The van der Waals surface area contributed by atoms with E-state index in [4.69, 9.17) is 48.3 Å². The molecular formula is C56H75N5O16S6. The predicted octanol–water partition coefficient (Wildman–Crippen LogP) is 6.79. The van der Waals surface area contributed by atoms with Gasteiger partial charge in [-0.25, -0.2) is 11.0 Å². The number of methoxy groups -OCH3 is 1. The average Bonchev–Trinajstić information content (AvgIpc) is 2.95. The SMILES string of the molecule is C#CCC1CCCCO1.CC#CCOc1ccc(OS(=O)N2CCSC(C)(C)C2C(=O)NO)cc1.CC#CCOc1ccc(OS(=O)N2CCSC(C)(C)C2C(=O)NO)cc1.COC(=O)C1N(S(=O)Oc2ccc(O)cc2)CCSC1(C)C. The maximum Gasteiger partial charge on any atom is 0.325 e. The zero-order valence-corrected chi connectivity index (χ0v) is 52.8. The number of ether oxygens (including phenoxy) is 4. The Morgan fingerprint density at radius 3 is 1.33 bits per heavy atom. The van der Waals surface area contributed by atoms with Crippen LogP contribution < -0.4 is 33.0 Å². The number of terminal acetylenes is 1. The van der Waals surface area contributed by atoms with Crippen molar-refractivity contribution in [2.45, 2.75) is 120 Å². The number of thioether (sulfide) groups is 3. The molecule has 4 aliphatic heterocycles. The van der Waals surface area contributed by atoms with Gasteiger partial charge in [-0.1, -0.05) is 11.8 Å². The lowest BCUT2D eigenvalue weighted by Crippen LogP contribution is -2.60. The van der Waals surface area contributed by atoms with Crippen molar-refractivity contribution in [2.24, 2.45) is 0 Å². The van der Waals surface area contributed by atoms with E-state index < -0.39 is 83.9 Å². The Hall–Kier alpha value is -5.19. The number of esters is 1. The van der Waals surface area contributed by atoms with Crippen LogP contribution in [0.3, 0.4) is 0 Å². The normalized spacial score (nSPS) is 21.8. The molecule has 0 bridgehead atoms. The van der Waals surface area contributed by atoms with Gasteiger partial charge < -0.3 is 36.6 Å². The lowest BCUT2D eigenvalue weighted by molar-refractivity contribution is -0.146. The van der Waals surface area contributed by atoms with E-state index in [1.165, 1.54) is 57.1 Å². The first-order valence-corrected chi connectivity index (χ1v) is 32.2. The number of carbonyl (C=O) groups is 3. The largest absolute Gasteiger partial charge is 0.508 e. The number of phenols is 1. The molecule has 0 aromatic heterocycles. The Morgan fingerprint density at radius 2 is 0.988 bits per heavy atom. The van der Waals surface area contributed by atoms with E-state index >= 15 is 0 Å². The van der Waals surface area contributed by atoms with E-state index in [1.807, 2.05) is 41.5 Å². The molecule has 7 rings (SSSR count). The Labute approximate surface area is 508 Å². The van der Waals surface area contributed by atoms with E-state index in [2.05, 4.69) is 29.6 Å². The van der Waals surface area contributed by atoms with Gasteiger partial charge in [-0.2, -0.15) is 60.8 Å². The monoisotopic (exact) mass is 1270 g/mol. The number of hydroxylamine groups is 2. The molecule has 456 valence electrons. The molecule has 4 fully saturated rings. The summed E-state index contributed by atoms with van der Waals surface area (Å²) in [6, 6.07) is 17.0. The smallest absolute Gasteiger partial charge is 0.325 e. The van der Waals surface area contributed by atoms with Crippen molar-refractivity contribution in [1.29, 1.82) is 0 Å². The number of nitrogens with one attached hydrogen (secondary N) is 2. The van der Waals surface area contributed by atoms with Crippen LogP contribution in [0.25, 0.3) is 0 Å². The van der Waals surface area contributed by atoms with Crippen molar-refractivity contribution >= 4 is 86.9 Å². The average molecular weight is 1270 g/mol. The van der Waals surface area contributed by atoms with E-state index in [0.717, 1.165) is 25.2 Å². The molecule has 5 N–H and O–H groups in total. The maximum absolute atomic E-state index is 12.7. The fourth-order valence-electron chi connectivity index (χ4n) is 8.43. The Morgan fingerprint density at radius 1 is 0.627 bits per heavy atom. The summed E-state index contributed by atoms with van der Waals surface area (Å²) >= 11 is -0.799. The molecule has 0 spiro atoms. The van der Waals surface area contributed by atoms with Crippen LogP contribution in [0.4, 0.5) is 0 Å². The third kappa shape index (κ3) is 22.3. The molecular weight excluding hydrogens is 1190 g/mol. The molecule has 0 saturated carbocycles. The standard InChI is InChI=1S/2C17H22N2O5S2.C14H19NO5S2.C8H12O/c2*1-4-5-11-23-13-6-8-14(9-7-13)24-26(22)19-10-12-25-17(2,3)15(19)16(20)18-21;1-14(2)12(13(17)19-3)15(8-9-21-14)22(18)20-11-6-4-10(16)5-7-11;1-2-5-8-6-3-4-7-9-8/h2*6-9,15,21H,10-12H2,1-3H3,(H,18,20);4-7,12,16H,8-9H2,1-3H3;1,8H,3-7H2. The lowest BCUT2D eigenvalue weighted by Gasteiger charge is -2.42. The molecule has 21 nitrogen and oxygen atoms in total. The molecule has 7 atom stereocenters. The number of nitrogens with zero attached hydrogens (tertiary/aromatic N) is 3. The highest BCUT2D eigenvalue weighted by Crippen LogP contribution is 2.39. The second-order valence-electron chi connectivity index (χ2n) is 19.6. The number of rotatable bonds is 17. The predicted molar refractivity (Wildman–Crippen MR) is 325 cm³/mol. The molecule has 0 aliphatic carbocycles. The molecule has 7 unspecified atom stereocenters. The number of benzene rings is 3. The molecule has 27 heteroatoms. The molecule has 4 saturated heterocycles. The van der Waals surface area contributed by atoms with E-state index in [9.17, 15) is 32.1 Å². The first-order valence-electron chi connectivity index (χ1n) is 26.1. The molecule has 4 aliphatic rings. The molecule has 2 amide bonds. The maximum atomic E-state index is 12.7. The van der Waals surface area contributed by atoms with Gasteiger partial charge in [0.05, 0.1) is 13.2 Å². The second kappa shape index (κ2) is 35.3. The van der Waals surface area contributed by atoms with Gasteiger partial charge in [0, 0.05) is 64.2 Å². The summed E-state index contributed by atoms with van der Waals surface area (Å²) in [5.41, 5.74) is 3.32. The summed E-state index contributed by atoms with van der Waals surface area (Å²) in [5, 5.41) is 27.3. The first kappa shape index (κ1) is 70.3. The van der Waals surface area contributed by atoms with Crippen molar-refractivity contribution in [3.63, 3.8) is 0 Å². The van der Waals surface area contributed by atoms with Crippen molar-refractivity contribution in [2.75, 3.05) is 63.8 Å². The van der Waals surface area contributed by atoms with Crippen molar-refractivity contribution < 1.29 is 74.0 Å². The van der Waals surface area contributed by atoms with Gasteiger partial charge in [-0.3, -0.25) is 24.8 Å². The van der Waals surface area contributed by atoms with Gasteiger partial charge in [-0.15, -0.1) is 24.2 Å². The van der Waals surface area contributed by atoms with Crippen molar-refractivity contribution in [3.8, 4) is 70.5 Å². The Balaban J connectivity index is 0.000000249. The van der Waals surface area contributed by atoms with Gasteiger partial charge in [0.2, 0.25) is 0 Å². The van der Waals surface area contributed by atoms with Crippen LogP contribution in [0.1, 0.15) is 81.1 Å². The zero-order chi connectivity index (χ0) is 61.2. The summed E-state index contributed by atoms with van der Waals surface area (Å²) in [4.78, 5) is 36.3. The van der Waals surface area contributed by atoms with Crippen molar-refractivity contribution in [3.05, 3.63) is 72.8 Å². The van der Waals surface area contributed by atoms with Crippen LogP contribution in [-0.2, 0) is 57.7 Å². The third-order valence-electron chi connectivity index (χ3n) is 12.5. The Bertz CT molecular complexity index is 2670. The summed E-state index contributed by atoms with van der Waals surface area (Å²) in [6.45, 7) is 17.5. The summed E-state index contributed by atoms with van der Waals surface area (Å²) < 4.78 is 78.2. The highest BCUT2D eigenvalue weighted by Gasteiger charge is 2.49. The number of amides is 2. The highest BCUT2D eigenvalue weighted by molar-refractivity contribution is 8.01. The molecule has 3 aromatic carbocycles. The van der Waals surface area contributed by atoms with E-state index in [1.54, 1.807) is 109 Å². The van der Waals surface area contributed by atoms with E-state index in [0.29, 0.717) is 79.2 Å². The van der Waals surface area contributed by atoms with Gasteiger partial charge in [-0.05, 0) is 147 Å². The van der Waals surface area contributed by atoms with Crippen LogP contribution >= 0.6 is 35.3 Å². The van der Waals surface area contributed by atoms with Gasteiger partial charge in [0.15, 0.2) is 0 Å². The van der Waals surface area contributed by atoms with Crippen LogP contribution in [-0.4, -0.2) is 161 Å². The minimum atomic E-state index is -1.88. The lowest BCUT2D eigenvalue weighted by atomic mass is 10.0. The topological polar surface area (TPSA) is 262 Å². The molecule has 0 radical (unpaired) electrons. The van der Waals surface area contributed by atoms with Gasteiger partial charge in [0.1, 0.15) is 65.8 Å². The summed E-state index contributed by atoms with van der Waals surface area (Å²) in [5.74, 6) is 16.6. The zero-order valence-electron chi connectivity index (χ0n) is 47.9. The minimum absolute atomic E-state index is 0.0982. The number of phenolic OH excluding ortho intramolecular Hbond substituents is 1. The number of hydrogen-bond donors (Lipinski definition) is 5. The second-order valence-corrected chi connectivity index (χ2v) is 28.1. The highest BCUT2D eigenvalue weighted by atomic mass is 32.2. The fourth-order valence-corrected chi connectivity index (χ4v) is 16.0. The summed E-state index contributed by atoms with van der Waals surface area (Å²) in [7, 11) is 1.32. The van der Waals surface area contributed by atoms with Crippen LogP contribution in [0.2, 0.25) is 0 Å². The summed E-state index contributed by atoms with van der Waals surface area (Å²) in [6.07, 6.45) is 9.94. The quantitative estimate of drug-likeness (QED) is 0.0403.